The summed E-state index contributed by atoms with van der Waals surface area (Å²) in [5.41, 5.74) is 2.14. The highest BCUT2D eigenvalue weighted by atomic mass is 16.6. The number of ether oxygens (including phenoxy) is 2. The van der Waals surface area contributed by atoms with E-state index >= 15 is 0 Å². The van der Waals surface area contributed by atoms with Crippen LogP contribution >= 0.6 is 0 Å². The van der Waals surface area contributed by atoms with Gasteiger partial charge >= 0.3 is 5.97 Å². The molecule has 0 radical (unpaired) electrons. The average molecular weight is 333 g/mol. The van der Waals surface area contributed by atoms with Crippen LogP contribution in [0.5, 0.6) is 5.75 Å². The molecule has 0 aromatic heterocycles. The Morgan fingerprint density at radius 1 is 1.04 bits per heavy atom. The number of likely N-dealkylation sites (tertiary alicyclic amines) is 1. The lowest BCUT2D eigenvalue weighted by Crippen LogP contribution is -2.49. The second-order valence-corrected chi connectivity index (χ2v) is 6.70. The molecule has 1 saturated heterocycles. The molecule has 2 atom stereocenters. The largest absolute Gasteiger partial charge is 0.482 e. The molecule has 0 unspecified atom stereocenters. The van der Waals surface area contributed by atoms with Crippen LogP contribution in [0.2, 0.25) is 0 Å². The number of rotatable bonds is 5. The summed E-state index contributed by atoms with van der Waals surface area (Å²) in [4.78, 5) is 25.9. The van der Waals surface area contributed by atoms with E-state index in [4.69, 9.17) is 9.47 Å². The molecule has 0 saturated carbocycles. The molecule has 1 aliphatic heterocycles. The molecule has 0 aliphatic carbocycles. The number of amides is 1. The third kappa shape index (κ3) is 4.98. The number of nitrogens with zero attached hydrogens (tertiary/aromatic N) is 1. The molecule has 2 rings (SSSR count). The summed E-state index contributed by atoms with van der Waals surface area (Å²) >= 11 is 0. The quantitative estimate of drug-likeness (QED) is 0.777. The molecular weight excluding hydrogens is 306 g/mol. The highest BCUT2D eigenvalue weighted by molar-refractivity contribution is 5.81. The van der Waals surface area contributed by atoms with Gasteiger partial charge in [0, 0.05) is 12.1 Å². The summed E-state index contributed by atoms with van der Waals surface area (Å²) in [6, 6.07) is 6.16. The Kier molecular flexibility index (Phi) is 6.23. The van der Waals surface area contributed by atoms with Crippen molar-refractivity contribution in [2.45, 2.75) is 59.0 Å². The third-order valence-electron chi connectivity index (χ3n) is 4.39. The van der Waals surface area contributed by atoms with Gasteiger partial charge in [0.05, 0.1) is 0 Å². The molecule has 132 valence electrons. The first-order chi connectivity index (χ1) is 11.4. The van der Waals surface area contributed by atoms with E-state index in [-0.39, 0.29) is 31.2 Å². The zero-order chi connectivity index (χ0) is 17.7. The van der Waals surface area contributed by atoms with Gasteiger partial charge in [-0.2, -0.15) is 0 Å². The number of carbonyl (C=O) groups excluding carboxylic acids is 2. The van der Waals surface area contributed by atoms with Gasteiger partial charge in [0.2, 0.25) is 0 Å². The van der Waals surface area contributed by atoms with E-state index in [1.165, 1.54) is 0 Å². The molecule has 1 aliphatic rings. The normalized spacial score (nSPS) is 20.6. The third-order valence-corrected chi connectivity index (χ3v) is 4.39. The van der Waals surface area contributed by atoms with Crippen molar-refractivity contribution in [1.29, 1.82) is 0 Å². The van der Waals surface area contributed by atoms with E-state index in [9.17, 15) is 9.59 Å². The van der Waals surface area contributed by atoms with Crippen LogP contribution < -0.4 is 4.74 Å². The van der Waals surface area contributed by atoms with Gasteiger partial charge in [0.1, 0.15) is 5.75 Å². The van der Waals surface area contributed by atoms with Crippen LogP contribution in [-0.2, 0) is 14.3 Å². The van der Waals surface area contributed by atoms with Gasteiger partial charge in [-0.15, -0.1) is 0 Å². The zero-order valence-electron chi connectivity index (χ0n) is 15.0. The fourth-order valence-electron chi connectivity index (χ4n) is 3.33. The Morgan fingerprint density at radius 3 is 2.21 bits per heavy atom. The maximum Gasteiger partial charge on any atom is 0.344 e. The van der Waals surface area contributed by atoms with E-state index in [1.54, 1.807) is 0 Å². The van der Waals surface area contributed by atoms with E-state index in [0.29, 0.717) is 5.75 Å². The first-order valence-corrected chi connectivity index (χ1v) is 8.54. The fourth-order valence-corrected chi connectivity index (χ4v) is 3.33. The SMILES string of the molecule is Cc1cc(C)cc(OCC(=O)OCC(=O)N2[C@H](C)CCC[C@@H]2C)c1. The number of aryl methyl sites for hydroxylation is 2. The van der Waals surface area contributed by atoms with Crippen LogP contribution in [0, 0.1) is 13.8 Å². The van der Waals surface area contributed by atoms with Crippen molar-refractivity contribution in [2.75, 3.05) is 13.2 Å². The Morgan fingerprint density at radius 2 is 1.62 bits per heavy atom. The summed E-state index contributed by atoms with van der Waals surface area (Å²) in [7, 11) is 0. The number of carbonyl (C=O) groups is 2. The number of piperidine rings is 1. The smallest absolute Gasteiger partial charge is 0.344 e. The van der Waals surface area contributed by atoms with Crippen molar-refractivity contribution in [3.63, 3.8) is 0 Å². The minimum absolute atomic E-state index is 0.130. The van der Waals surface area contributed by atoms with E-state index in [0.717, 1.165) is 30.4 Å². The summed E-state index contributed by atoms with van der Waals surface area (Å²) < 4.78 is 10.5. The van der Waals surface area contributed by atoms with Gasteiger partial charge in [-0.1, -0.05) is 6.07 Å². The fraction of sp³-hybridized carbons (Fsp3) is 0.579. The van der Waals surface area contributed by atoms with Crippen molar-refractivity contribution in [1.82, 2.24) is 4.90 Å². The lowest BCUT2D eigenvalue weighted by atomic mass is 9.97. The minimum Gasteiger partial charge on any atom is -0.482 e. The first kappa shape index (κ1) is 18.3. The topological polar surface area (TPSA) is 55.8 Å². The maximum atomic E-state index is 12.3. The van der Waals surface area contributed by atoms with Crippen molar-refractivity contribution in [3.05, 3.63) is 29.3 Å². The van der Waals surface area contributed by atoms with Gasteiger partial charge in [-0.25, -0.2) is 4.79 Å². The second kappa shape index (κ2) is 8.18. The molecule has 1 fully saturated rings. The second-order valence-electron chi connectivity index (χ2n) is 6.70. The lowest BCUT2D eigenvalue weighted by molar-refractivity contribution is -0.156. The molecule has 5 nitrogen and oxygen atoms in total. The Balaban J connectivity index is 1.79. The highest BCUT2D eigenvalue weighted by Crippen LogP contribution is 2.22. The zero-order valence-corrected chi connectivity index (χ0v) is 15.0. The lowest BCUT2D eigenvalue weighted by Gasteiger charge is -2.38. The average Bonchev–Trinajstić information content (AvgIpc) is 2.50. The monoisotopic (exact) mass is 333 g/mol. The van der Waals surface area contributed by atoms with Crippen LogP contribution in [0.1, 0.15) is 44.2 Å². The number of hydrogen-bond donors (Lipinski definition) is 0. The van der Waals surface area contributed by atoms with Crippen LogP contribution in [-0.4, -0.2) is 42.1 Å². The first-order valence-electron chi connectivity index (χ1n) is 8.54. The molecule has 24 heavy (non-hydrogen) atoms. The number of esters is 1. The summed E-state index contributed by atoms with van der Waals surface area (Å²) in [5, 5.41) is 0. The predicted molar refractivity (Wildman–Crippen MR) is 92.0 cm³/mol. The molecule has 0 spiro atoms. The van der Waals surface area contributed by atoms with Crippen molar-refractivity contribution >= 4 is 11.9 Å². The van der Waals surface area contributed by atoms with Gasteiger partial charge in [-0.05, 0) is 70.2 Å². The molecular formula is C19H27NO4. The highest BCUT2D eigenvalue weighted by Gasteiger charge is 2.29. The predicted octanol–water partition coefficient (Wildman–Crippen LogP) is 3.01. The van der Waals surface area contributed by atoms with Crippen LogP contribution in [0.3, 0.4) is 0 Å². The summed E-state index contributed by atoms with van der Waals surface area (Å²) in [6.45, 7) is 7.61. The van der Waals surface area contributed by atoms with E-state index < -0.39 is 5.97 Å². The maximum absolute atomic E-state index is 12.3. The Bertz CT molecular complexity index is 569. The number of benzene rings is 1. The van der Waals surface area contributed by atoms with Crippen LogP contribution in [0.15, 0.2) is 18.2 Å². The molecule has 5 heteroatoms. The van der Waals surface area contributed by atoms with E-state index in [1.807, 2.05) is 50.8 Å². The molecule has 1 aromatic carbocycles. The molecule has 1 heterocycles. The molecule has 0 bridgehead atoms. The van der Waals surface area contributed by atoms with Crippen molar-refractivity contribution < 1.29 is 19.1 Å². The van der Waals surface area contributed by atoms with Gasteiger partial charge in [-0.3, -0.25) is 4.79 Å². The van der Waals surface area contributed by atoms with Crippen LogP contribution in [0.4, 0.5) is 0 Å². The van der Waals surface area contributed by atoms with E-state index in [2.05, 4.69) is 0 Å². The minimum atomic E-state index is -0.528. The van der Waals surface area contributed by atoms with Crippen molar-refractivity contribution in [2.24, 2.45) is 0 Å². The summed E-state index contributed by atoms with van der Waals surface area (Å²) in [5.74, 6) is -0.0247. The Hall–Kier alpha value is -2.04. The van der Waals surface area contributed by atoms with Gasteiger partial charge < -0.3 is 14.4 Å². The molecule has 0 N–H and O–H groups in total. The molecule has 1 aromatic rings. The van der Waals surface area contributed by atoms with Gasteiger partial charge in [0.15, 0.2) is 13.2 Å². The molecule has 1 amide bonds. The Labute approximate surface area is 143 Å². The number of hydrogen-bond acceptors (Lipinski definition) is 4. The van der Waals surface area contributed by atoms with Crippen molar-refractivity contribution in [3.8, 4) is 5.75 Å². The summed E-state index contributed by atoms with van der Waals surface area (Å²) in [6.07, 6.45) is 3.13. The standard InChI is InChI=1S/C19H27NO4/c1-13-8-14(2)10-17(9-13)23-12-19(22)24-11-18(21)20-15(3)6-5-7-16(20)4/h8-10,15-16H,5-7,11-12H2,1-4H3/t15-,16+. The van der Waals surface area contributed by atoms with Crippen LogP contribution in [0.25, 0.3) is 0 Å². The van der Waals surface area contributed by atoms with Gasteiger partial charge in [0.25, 0.3) is 5.91 Å².